The van der Waals surface area contributed by atoms with Crippen LogP contribution in [0.4, 0.5) is 13.2 Å². The largest absolute Gasteiger partial charge is 0.417 e. The van der Waals surface area contributed by atoms with Gasteiger partial charge in [-0.2, -0.15) is 13.2 Å². The molecule has 1 fully saturated rings. The van der Waals surface area contributed by atoms with Crippen LogP contribution in [0, 0.1) is 0 Å². The van der Waals surface area contributed by atoms with Crippen LogP contribution < -0.4 is 5.32 Å². The summed E-state index contributed by atoms with van der Waals surface area (Å²) in [7, 11) is 0. The lowest BCUT2D eigenvalue weighted by molar-refractivity contribution is -0.138. The molecule has 1 saturated heterocycles. The first-order valence-corrected chi connectivity index (χ1v) is 6.98. The molecule has 1 N–H and O–H groups in total. The van der Waals surface area contributed by atoms with Gasteiger partial charge in [-0.1, -0.05) is 15.9 Å². The van der Waals surface area contributed by atoms with Gasteiger partial charge in [0.1, 0.15) is 0 Å². The Bertz CT molecular complexity index is 519. The zero-order valence-corrected chi connectivity index (χ0v) is 12.4. The summed E-state index contributed by atoms with van der Waals surface area (Å²) in [5.41, 5.74) is -1.20. The molecule has 1 aliphatic rings. The number of rotatable bonds is 1. The van der Waals surface area contributed by atoms with Gasteiger partial charge in [0.15, 0.2) is 0 Å². The van der Waals surface area contributed by atoms with Gasteiger partial charge in [0.25, 0.3) is 5.91 Å². The number of carbonyl (C=O) groups excluding carboxylic acids is 1. The van der Waals surface area contributed by atoms with Gasteiger partial charge < -0.3 is 10.2 Å². The average Bonchev–Trinajstić information content (AvgIpc) is 2.37. The first-order valence-electron chi connectivity index (χ1n) is 6.19. The molecule has 1 aliphatic heterocycles. The number of benzene rings is 1. The number of hydrogen-bond acceptors (Lipinski definition) is 2. The maximum Gasteiger partial charge on any atom is 0.417 e. The van der Waals surface area contributed by atoms with Gasteiger partial charge in [-0.25, -0.2) is 0 Å². The summed E-state index contributed by atoms with van der Waals surface area (Å²) < 4.78 is 39.4. The second kappa shape index (κ2) is 5.73. The molecule has 7 heteroatoms. The first kappa shape index (κ1) is 15.3. The van der Waals surface area contributed by atoms with E-state index >= 15 is 0 Å². The molecule has 0 aromatic heterocycles. The fourth-order valence-corrected chi connectivity index (χ4v) is 2.60. The number of nitrogens with one attached hydrogen (secondary N) is 1. The minimum Gasteiger partial charge on any atom is -0.333 e. The van der Waals surface area contributed by atoms with E-state index in [4.69, 9.17) is 0 Å². The molecule has 0 radical (unpaired) electrons. The molecule has 1 aromatic carbocycles. The predicted octanol–water partition coefficient (Wildman–Crippen LogP) is 2.90. The van der Waals surface area contributed by atoms with Gasteiger partial charge in [0.2, 0.25) is 0 Å². The molecule has 0 bridgehead atoms. The normalized spacial score (nSPS) is 20.1. The standard InChI is InChI=1S/C13H14BrF3N2O/c1-8-7-18-4-5-19(8)12(20)10-3-2-9(14)6-11(10)13(15,16)17/h2-3,6,8,18H,4-5,7H2,1H3. The molecule has 1 heterocycles. The quantitative estimate of drug-likeness (QED) is 0.844. The second-order valence-corrected chi connectivity index (χ2v) is 5.66. The summed E-state index contributed by atoms with van der Waals surface area (Å²) in [6.07, 6.45) is -4.55. The van der Waals surface area contributed by atoms with E-state index in [0.717, 1.165) is 6.07 Å². The van der Waals surface area contributed by atoms with Crippen molar-refractivity contribution in [3.05, 3.63) is 33.8 Å². The maximum atomic E-state index is 13.0. The number of halogens is 4. The number of carbonyl (C=O) groups is 1. The third-order valence-corrected chi connectivity index (χ3v) is 3.77. The van der Waals surface area contributed by atoms with E-state index < -0.39 is 17.6 Å². The third-order valence-electron chi connectivity index (χ3n) is 3.28. The fraction of sp³-hybridized carbons (Fsp3) is 0.462. The fourth-order valence-electron chi connectivity index (χ4n) is 2.23. The lowest BCUT2D eigenvalue weighted by atomic mass is 10.0. The summed E-state index contributed by atoms with van der Waals surface area (Å²) in [5, 5.41) is 3.10. The van der Waals surface area contributed by atoms with E-state index in [2.05, 4.69) is 21.2 Å². The molecular weight excluding hydrogens is 337 g/mol. The van der Waals surface area contributed by atoms with Crippen molar-refractivity contribution in [3.8, 4) is 0 Å². The van der Waals surface area contributed by atoms with Gasteiger partial charge in [0.05, 0.1) is 11.1 Å². The van der Waals surface area contributed by atoms with Crippen LogP contribution in [0.15, 0.2) is 22.7 Å². The minimum atomic E-state index is -4.55. The van der Waals surface area contributed by atoms with E-state index in [1.165, 1.54) is 17.0 Å². The van der Waals surface area contributed by atoms with Gasteiger partial charge in [-0.05, 0) is 25.1 Å². The maximum absolute atomic E-state index is 13.0. The van der Waals surface area contributed by atoms with E-state index in [1.54, 1.807) is 0 Å². The average molecular weight is 351 g/mol. The molecule has 2 rings (SSSR count). The van der Waals surface area contributed by atoms with Crippen molar-refractivity contribution in [1.82, 2.24) is 10.2 Å². The Morgan fingerprint density at radius 1 is 1.45 bits per heavy atom. The predicted molar refractivity (Wildman–Crippen MR) is 72.5 cm³/mol. The summed E-state index contributed by atoms with van der Waals surface area (Å²) in [4.78, 5) is 13.9. The third kappa shape index (κ3) is 3.15. The van der Waals surface area contributed by atoms with Gasteiger partial charge >= 0.3 is 6.18 Å². The van der Waals surface area contributed by atoms with Crippen LogP contribution in [0.3, 0.4) is 0 Å². The summed E-state index contributed by atoms with van der Waals surface area (Å²) >= 11 is 3.01. The Labute approximate surface area is 123 Å². The van der Waals surface area contributed by atoms with Gasteiger partial charge in [0, 0.05) is 30.1 Å². The first-order chi connectivity index (χ1) is 9.30. The van der Waals surface area contributed by atoms with Crippen molar-refractivity contribution in [3.63, 3.8) is 0 Å². The summed E-state index contributed by atoms with van der Waals surface area (Å²) in [5.74, 6) is -0.571. The Hall–Kier alpha value is -1.08. The topological polar surface area (TPSA) is 32.3 Å². The van der Waals surface area contributed by atoms with Crippen LogP contribution in [0.2, 0.25) is 0 Å². The molecule has 1 unspecified atom stereocenters. The SMILES string of the molecule is CC1CNCCN1C(=O)c1ccc(Br)cc1C(F)(F)F. The number of hydrogen-bond donors (Lipinski definition) is 1. The van der Waals surface area contributed by atoms with Crippen molar-refractivity contribution in [2.24, 2.45) is 0 Å². The highest BCUT2D eigenvalue weighted by Crippen LogP contribution is 2.34. The second-order valence-electron chi connectivity index (χ2n) is 4.74. The monoisotopic (exact) mass is 350 g/mol. The van der Waals surface area contributed by atoms with Crippen molar-refractivity contribution < 1.29 is 18.0 Å². The van der Waals surface area contributed by atoms with Crippen LogP contribution in [-0.2, 0) is 6.18 Å². The molecule has 110 valence electrons. The zero-order valence-electron chi connectivity index (χ0n) is 10.8. The van der Waals surface area contributed by atoms with E-state index in [0.29, 0.717) is 24.1 Å². The highest BCUT2D eigenvalue weighted by Gasteiger charge is 2.37. The molecule has 0 aliphatic carbocycles. The van der Waals surface area contributed by atoms with E-state index in [1.807, 2.05) is 6.92 Å². The summed E-state index contributed by atoms with van der Waals surface area (Å²) in [6, 6.07) is 3.50. The van der Waals surface area contributed by atoms with Crippen LogP contribution in [-0.4, -0.2) is 36.5 Å². The molecular formula is C13H14BrF3N2O. The molecule has 1 aromatic rings. The van der Waals surface area contributed by atoms with Crippen LogP contribution in [0.25, 0.3) is 0 Å². The smallest absolute Gasteiger partial charge is 0.333 e. The van der Waals surface area contributed by atoms with Gasteiger partial charge in [-0.15, -0.1) is 0 Å². The lowest BCUT2D eigenvalue weighted by Crippen LogP contribution is -2.52. The number of nitrogens with zero attached hydrogens (tertiary/aromatic N) is 1. The molecule has 20 heavy (non-hydrogen) atoms. The number of piperazine rings is 1. The molecule has 1 atom stereocenters. The highest BCUT2D eigenvalue weighted by molar-refractivity contribution is 9.10. The molecule has 3 nitrogen and oxygen atoms in total. The van der Waals surface area contributed by atoms with Crippen LogP contribution in [0.1, 0.15) is 22.8 Å². The van der Waals surface area contributed by atoms with Crippen molar-refractivity contribution in [1.29, 1.82) is 0 Å². The van der Waals surface area contributed by atoms with Crippen molar-refractivity contribution >= 4 is 21.8 Å². The lowest BCUT2D eigenvalue weighted by Gasteiger charge is -2.34. The zero-order chi connectivity index (χ0) is 14.9. The number of amides is 1. The number of alkyl halides is 3. The Kier molecular flexibility index (Phi) is 4.39. The molecule has 0 saturated carbocycles. The van der Waals surface area contributed by atoms with Crippen molar-refractivity contribution in [2.45, 2.75) is 19.1 Å². The van der Waals surface area contributed by atoms with Crippen LogP contribution in [0.5, 0.6) is 0 Å². The Balaban J connectivity index is 2.39. The van der Waals surface area contributed by atoms with Gasteiger partial charge in [-0.3, -0.25) is 4.79 Å². The highest BCUT2D eigenvalue weighted by atomic mass is 79.9. The Morgan fingerprint density at radius 2 is 2.15 bits per heavy atom. The van der Waals surface area contributed by atoms with E-state index in [9.17, 15) is 18.0 Å². The molecule has 0 spiro atoms. The van der Waals surface area contributed by atoms with E-state index in [-0.39, 0.29) is 11.6 Å². The Morgan fingerprint density at radius 3 is 2.75 bits per heavy atom. The minimum absolute atomic E-state index is 0.124. The molecule has 1 amide bonds. The van der Waals surface area contributed by atoms with Crippen LogP contribution >= 0.6 is 15.9 Å². The summed E-state index contributed by atoms with van der Waals surface area (Å²) in [6.45, 7) is 3.40. The van der Waals surface area contributed by atoms with Crippen molar-refractivity contribution in [2.75, 3.05) is 19.6 Å².